The summed E-state index contributed by atoms with van der Waals surface area (Å²) in [5.74, 6) is -0.00937. The summed E-state index contributed by atoms with van der Waals surface area (Å²) in [6, 6.07) is 16.2. The van der Waals surface area contributed by atoms with Crippen molar-refractivity contribution in [3.8, 4) is 11.3 Å². The molecule has 0 radical (unpaired) electrons. The third kappa shape index (κ3) is 3.38. The number of aromatic nitrogens is 2. The van der Waals surface area contributed by atoms with E-state index in [-0.39, 0.29) is 11.9 Å². The number of methoxy groups -OCH3 is 1. The van der Waals surface area contributed by atoms with Crippen LogP contribution in [0.25, 0.3) is 11.3 Å². The lowest BCUT2D eigenvalue weighted by Crippen LogP contribution is -2.31. The van der Waals surface area contributed by atoms with Crippen LogP contribution in [0.1, 0.15) is 39.6 Å². The Bertz CT molecular complexity index is 980. The molecule has 1 aliphatic heterocycles. The normalized spacial score (nSPS) is 15.9. The largest absolute Gasteiger partial charge is 0.385 e. The summed E-state index contributed by atoms with van der Waals surface area (Å²) in [5.41, 5.74) is 5.65. The Balaban J connectivity index is 1.80. The molecule has 1 N–H and O–H groups in total. The molecule has 1 aliphatic rings. The van der Waals surface area contributed by atoms with Gasteiger partial charge in [0.2, 0.25) is 0 Å². The number of fused-ring (bicyclic) bond motifs is 1. The zero-order chi connectivity index (χ0) is 19.7. The number of nitrogens with one attached hydrogen (secondary N) is 1. The monoisotopic (exact) mass is 439 g/mol. The molecular weight excluding hydrogens is 418 g/mol. The first kappa shape index (κ1) is 18.9. The standard InChI is InChI=1S/C22H22BrN3O2/c1-14-4-6-15(7-5-14)19-18-20(25-24-19)22(27)26(12-3-13-28-2)21(18)16-8-10-17(23)11-9-16/h4-11,21H,3,12-13H2,1-2H3,(H,24,25). The van der Waals surface area contributed by atoms with Gasteiger partial charge in [-0.05, 0) is 31.0 Å². The van der Waals surface area contributed by atoms with Gasteiger partial charge in [-0.25, -0.2) is 0 Å². The lowest BCUT2D eigenvalue weighted by molar-refractivity contribution is 0.0723. The Morgan fingerprint density at radius 1 is 1.14 bits per heavy atom. The summed E-state index contributed by atoms with van der Waals surface area (Å²) < 4.78 is 6.20. The fourth-order valence-electron chi connectivity index (χ4n) is 3.73. The van der Waals surface area contributed by atoms with Crippen molar-refractivity contribution >= 4 is 21.8 Å². The number of H-pyrrole nitrogens is 1. The summed E-state index contributed by atoms with van der Waals surface area (Å²) >= 11 is 3.50. The maximum Gasteiger partial charge on any atom is 0.273 e. The Hall–Kier alpha value is -2.44. The van der Waals surface area contributed by atoms with Crippen molar-refractivity contribution in [2.45, 2.75) is 19.4 Å². The number of ether oxygens (including phenoxy) is 1. The first-order valence-corrected chi connectivity index (χ1v) is 10.1. The third-order valence-electron chi connectivity index (χ3n) is 5.12. The second kappa shape index (κ2) is 7.89. The average molecular weight is 440 g/mol. The Morgan fingerprint density at radius 3 is 2.54 bits per heavy atom. The molecule has 0 aliphatic carbocycles. The van der Waals surface area contributed by atoms with Crippen molar-refractivity contribution in [2.75, 3.05) is 20.3 Å². The van der Waals surface area contributed by atoms with Crippen LogP contribution >= 0.6 is 15.9 Å². The molecule has 0 spiro atoms. The van der Waals surface area contributed by atoms with Crippen LogP contribution in [0.15, 0.2) is 53.0 Å². The van der Waals surface area contributed by atoms with Gasteiger partial charge in [-0.1, -0.05) is 57.9 Å². The van der Waals surface area contributed by atoms with Crippen molar-refractivity contribution in [1.29, 1.82) is 0 Å². The van der Waals surface area contributed by atoms with Crippen molar-refractivity contribution in [2.24, 2.45) is 0 Å². The number of aryl methyl sites for hydroxylation is 1. The fourth-order valence-corrected chi connectivity index (χ4v) is 3.99. The SMILES string of the molecule is COCCCN1C(=O)c2[nH]nc(-c3ccc(C)cc3)c2C1c1ccc(Br)cc1. The van der Waals surface area contributed by atoms with Crippen molar-refractivity contribution < 1.29 is 9.53 Å². The van der Waals surface area contributed by atoms with E-state index in [9.17, 15) is 4.79 Å². The van der Waals surface area contributed by atoms with E-state index in [1.54, 1.807) is 7.11 Å². The fraction of sp³-hybridized carbons (Fsp3) is 0.273. The van der Waals surface area contributed by atoms with Gasteiger partial charge in [0.05, 0.1) is 11.7 Å². The van der Waals surface area contributed by atoms with E-state index in [1.165, 1.54) is 5.56 Å². The van der Waals surface area contributed by atoms with E-state index >= 15 is 0 Å². The minimum absolute atomic E-state index is 0.00937. The summed E-state index contributed by atoms with van der Waals surface area (Å²) in [5, 5.41) is 7.50. The number of hydrogen-bond donors (Lipinski definition) is 1. The highest BCUT2D eigenvalue weighted by atomic mass is 79.9. The lowest BCUT2D eigenvalue weighted by atomic mass is 9.96. The highest BCUT2D eigenvalue weighted by Gasteiger charge is 2.41. The van der Waals surface area contributed by atoms with Gasteiger partial charge in [-0.3, -0.25) is 9.89 Å². The molecule has 1 amide bonds. The molecule has 2 heterocycles. The van der Waals surface area contributed by atoms with Crippen molar-refractivity contribution in [3.63, 3.8) is 0 Å². The van der Waals surface area contributed by atoms with E-state index in [0.29, 0.717) is 18.8 Å². The first-order valence-electron chi connectivity index (χ1n) is 9.31. The highest BCUT2D eigenvalue weighted by Crippen LogP contribution is 2.42. The second-order valence-electron chi connectivity index (χ2n) is 7.03. The predicted octanol–water partition coefficient (Wildman–Crippen LogP) is 4.73. The van der Waals surface area contributed by atoms with Gasteiger partial charge in [0, 0.05) is 35.9 Å². The van der Waals surface area contributed by atoms with E-state index in [4.69, 9.17) is 4.74 Å². The van der Waals surface area contributed by atoms with Crippen LogP contribution in [0.5, 0.6) is 0 Å². The molecule has 2 aromatic carbocycles. The van der Waals surface area contributed by atoms with Crippen LogP contribution in [0, 0.1) is 6.92 Å². The minimum Gasteiger partial charge on any atom is -0.385 e. The molecule has 0 fully saturated rings. The number of amides is 1. The molecule has 6 heteroatoms. The Morgan fingerprint density at radius 2 is 1.86 bits per heavy atom. The van der Waals surface area contributed by atoms with E-state index in [1.807, 2.05) is 17.0 Å². The van der Waals surface area contributed by atoms with Gasteiger partial charge in [0.15, 0.2) is 0 Å². The number of aromatic amines is 1. The lowest BCUT2D eigenvalue weighted by Gasteiger charge is -2.26. The van der Waals surface area contributed by atoms with Crippen LogP contribution in [0.3, 0.4) is 0 Å². The van der Waals surface area contributed by atoms with Crippen LogP contribution < -0.4 is 0 Å². The molecule has 3 aromatic rings. The van der Waals surface area contributed by atoms with Crippen LogP contribution in [-0.4, -0.2) is 41.3 Å². The van der Waals surface area contributed by atoms with Gasteiger partial charge < -0.3 is 9.64 Å². The maximum absolute atomic E-state index is 13.1. The number of nitrogens with zero attached hydrogens (tertiary/aromatic N) is 2. The first-order chi connectivity index (χ1) is 13.6. The van der Waals surface area contributed by atoms with Gasteiger partial charge in [-0.2, -0.15) is 5.10 Å². The summed E-state index contributed by atoms with van der Waals surface area (Å²) in [4.78, 5) is 15.1. The molecule has 1 atom stereocenters. The zero-order valence-electron chi connectivity index (χ0n) is 15.9. The number of halogens is 1. The number of carbonyl (C=O) groups is 1. The summed E-state index contributed by atoms with van der Waals surface area (Å²) in [6.45, 7) is 3.31. The van der Waals surface area contributed by atoms with Crippen LogP contribution in [0.4, 0.5) is 0 Å². The molecule has 1 unspecified atom stereocenters. The average Bonchev–Trinajstić information content (AvgIpc) is 3.23. The Kier molecular flexibility index (Phi) is 5.33. The van der Waals surface area contributed by atoms with E-state index in [0.717, 1.165) is 33.3 Å². The van der Waals surface area contributed by atoms with Gasteiger partial charge >= 0.3 is 0 Å². The summed E-state index contributed by atoms with van der Waals surface area (Å²) in [6.07, 6.45) is 0.785. The number of benzene rings is 2. The minimum atomic E-state index is -0.164. The molecule has 4 rings (SSSR count). The predicted molar refractivity (Wildman–Crippen MR) is 112 cm³/mol. The molecular formula is C22H22BrN3O2. The number of hydrogen-bond acceptors (Lipinski definition) is 3. The molecule has 28 heavy (non-hydrogen) atoms. The maximum atomic E-state index is 13.1. The molecule has 0 bridgehead atoms. The topological polar surface area (TPSA) is 58.2 Å². The van der Waals surface area contributed by atoms with Crippen molar-refractivity contribution in [1.82, 2.24) is 15.1 Å². The van der Waals surface area contributed by atoms with Crippen molar-refractivity contribution in [3.05, 3.63) is 75.4 Å². The van der Waals surface area contributed by atoms with E-state index < -0.39 is 0 Å². The highest BCUT2D eigenvalue weighted by molar-refractivity contribution is 9.10. The summed E-state index contributed by atoms with van der Waals surface area (Å²) in [7, 11) is 1.68. The Labute approximate surface area is 172 Å². The van der Waals surface area contributed by atoms with Gasteiger partial charge in [0.25, 0.3) is 5.91 Å². The van der Waals surface area contributed by atoms with E-state index in [2.05, 4.69) is 69.4 Å². The third-order valence-corrected chi connectivity index (χ3v) is 5.65. The second-order valence-corrected chi connectivity index (χ2v) is 7.94. The number of carbonyl (C=O) groups excluding carboxylic acids is 1. The zero-order valence-corrected chi connectivity index (χ0v) is 17.5. The smallest absolute Gasteiger partial charge is 0.273 e. The van der Waals surface area contributed by atoms with Gasteiger partial charge in [-0.15, -0.1) is 0 Å². The van der Waals surface area contributed by atoms with Crippen LogP contribution in [-0.2, 0) is 4.74 Å². The van der Waals surface area contributed by atoms with Crippen LogP contribution in [0.2, 0.25) is 0 Å². The molecule has 0 saturated heterocycles. The molecule has 1 aromatic heterocycles. The number of rotatable bonds is 6. The van der Waals surface area contributed by atoms with Gasteiger partial charge in [0.1, 0.15) is 5.69 Å². The molecule has 5 nitrogen and oxygen atoms in total. The molecule has 144 valence electrons. The molecule has 0 saturated carbocycles. The quantitative estimate of drug-likeness (QED) is 0.564.